The van der Waals surface area contributed by atoms with Gasteiger partial charge in [-0.25, -0.2) is 4.39 Å². The van der Waals surface area contributed by atoms with E-state index in [-0.39, 0.29) is 75.8 Å². The summed E-state index contributed by atoms with van der Waals surface area (Å²) in [5.74, 6) is 5.04. The normalized spacial score (nSPS) is 29.5. The molecule has 2 saturated carbocycles. The lowest BCUT2D eigenvalue weighted by Gasteiger charge is -2.52. The summed E-state index contributed by atoms with van der Waals surface area (Å²) >= 11 is 6.53. The van der Waals surface area contributed by atoms with E-state index in [0.29, 0.717) is 74.4 Å². The van der Waals surface area contributed by atoms with Crippen molar-refractivity contribution in [1.82, 2.24) is 25.4 Å². The number of alkyl halides is 3. The zero-order valence-corrected chi connectivity index (χ0v) is 42.3. The number of carbonyl (C=O) groups excluding carboxylic acids is 4. The van der Waals surface area contributed by atoms with Crippen molar-refractivity contribution in [3.8, 4) is 17.6 Å². The Bertz CT molecular complexity index is 3110. The van der Waals surface area contributed by atoms with Gasteiger partial charge in [0.25, 0.3) is 5.91 Å². The third kappa shape index (κ3) is 7.97. The predicted molar refractivity (Wildman–Crippen MR) is 269 cm³/mol. The second-order valence-electron chi connectivity index (χ2n) is 23.0. The number of hydrogen-bond acceptors (Lipinski definition) is 9. The van der Waals surface area contributed by atoms with Crippen LogP contribution >= 0.6 is 11.6 Å². The van der Waals surface area contributed by atoms with Crippen LogP contribution in [0.2, 0.25) is 5.02 Å². The van der Waals surface area contributed by atoms with Gasteiger partial charge in [-0.3, -0.25) is 39.7 Å². The molecule has 3 spiro atoms. The Morgan fingerprint density at radius 3 is 2.55 bits per heavy atom. The van der Waals surface area contributed by atoms with Crippen LogP contribution in [0.25, 0.3) is 0 Å². The molecular weight excluding hydrogens is 974 g/mol. The maximum absolute atomic E-state index is 16.8. The van der Waals surface area contributed by atoms with Gasteiger partial charge in [-0.1, -0.05) is 68.0 Å². The van der Waals surface area contributed by atoms with E-state index in [4.69, 9.17) is 16.3 Å². The highest BCUT2D eigenvalue weighted by molar-refractivity contribution is 6.30. The fraction of sp³-hybridized carbons (Fsp3) is 0.491. The third-order valence-electron chi connectivity index (χ3n) is 18.0. The van der Waals surface area contributed by atoms with E-state index in [1.165, 1.54) is 12.3 Å². The first-order valence-corrected chi connectivity index (χ1v) is 26.3. The number of piperidine rings is 2. The fourth-order valence-electron chi connectivity index (χ4n) is 14.4. The van der Waals surface area contributed by atoms with Crippen molar-refractivity contribution >= 4 is 46.6 Å². The Labute approximate surface area is 432 Å². The van der Waals surface area contributed by atoms with Gasteiger partial charge in [0.15, 0.2) is 0 Å². The fourth-order valence-corrected chi connectivity index (χ4v) is 14.6. The zero-order chi connectivity index (χ0) is 51.7. The minimum absolute atomic E-state index is 0.0412. The second-order valence-corrected chi connectivity index (χ2v) is 23.4. The maximum atomic E-state index is 16.8. The highest BCUT2D eigenvalue weighted by Gasteiger charge is 2.70. The molecule has 0 unspecified atom stereocenters. The standard InChI is InChI=1S/C57H58ClF4N7O5/c1-32-27-69(52(73)49-47(37-9-5-10-40(58)48(37)59)56(55(66-49)18-6-17-53(2,3)30-55)31-64-41-24-45(57(60,61)62)63-26-39(41)56)42-14-12-34(23-44(42)74-32)51(72)67-21-19-54(20-22-67)25-36(54)13-11-33-7-4-8-35-28-68(29-38(33)35)43-15-16-46(70)65-50(43)71/h4-5,7-10,12,14,23-24,26,32,36,43,47,49,64,66H,6,15-22,25,27-31H2,1-3H3,(H,65,70,71)/t32-,36+,43+,47+,49-,55+,56-/m1/s1. The number of hydrogen-bond donors (Lipinski definition) is 3. The molecule has 5 fully saturated rings. The van der Waals surface area contributed by atoms with Crippen LogP contribution in [0.15, 0.2) is 66.9 Å². The molecule has 0 bridgehead atoms. The van der Waals surface area contributed by atoms with E-state index >= 15 is 9.18 Å². The molecule has 74 heavy (non-hydrogen) atoms. The Morgan fingerprint density at radius 2 is 1.78 bits per heavy atom. The molecule has 386 valence electrons. The number of pyridine rings is 1. The van der Waals surface area contributed by atoms with Gasteiger partial charge in [-0.15, -0.1) is 0 Å². The highest BCUT2D eigenvalue weighted by atomic mass is 35.5. The number of nitrogens with one attached hydrogen (secondary N) is 3. The van der Waals surface area contributed by atoms with Crippen molar-refractivity contribution in [3.05, 3.63) is 117 Å². The van der Waals surface area contributed by atoms with Crippen molar-refractivity contribution in [3.63, 3.8) is 0 Å². The Morgan fingerprint density at radius 1 is 0.986 bits per heavy atom. The second kappa shape index (κ2) is 17.5. The predicted octanol–water partition coefficient (Wildman–Crippen LogP) is 8.88. The molecule has 7 atom stereocenters. The molecular formula is C57H58ClF4N7O5. The first kappa shape index (κ1) is 48.9. The molecule has 1 aromatic heterocycles. The Balaban J connectivity index is 0.788. The van der Waals surface area contributed by atoms with Crippen molar-refractivity contribution in [2.75, 3.05) is 36.4 Å². The molecule has 0 radical (unpaired) electrons. The number of anilines is 2. The van der Waals surface area contributed by atoms with Crippen molar-refractivity contribution in [1.29, 1.82) is 0 Å². The van der Waals surface area contributed by atoms with E-state index in [2.05, 4.69) is 57.6 Å². The number of imide groups is 1. The number of aromatic nitrogens is 1. The molecule has 4 amide bonds. The maximum Gasteiger partial charge on any atom is 0.433 e. The molecule has 17 heteroatoms. The molecule has 7 heterocycles. The van der Waals surface area contributed by atoms with Crippen molar-refractivity contribution in [2.24, 2.45) is 16.7 Å². The molecule has 3 saturated heterocycles. The van der Waals surface area contributed by atoms with E-state index in [1.807, 2.05) is 24.0 Å². The van der Waals surface area contributed by atoms with Gasteiger partial charge in [0, 0.05) is 90.5 Å². The van der Waals surface area contributed by atoms with Gasteiger partial charge in [-0.2, -0.15) is 13.2 Å². The van der Waals surface area contributed by atoms with Gasteiger partial charge >= 0.3 is 6.18 Å². The summed E-state index contributed by atoms with van der Waals surface area (Å²) in [7, 11) is 0. The monoisotopic (exact) mass is 1030 g/mol. The largest absolute Gasteiger partial charge is 0.487 e. The summed E-state index contributed by atoms with van der Waals surface area (Å²) in [6.45, 7) is 8.82. The average molecular weight is 1030 g/mol. The van der Waals surface area contributed by atoms with E-state index < -0.39 is 46.7 Å². The Hall–Kier alpha value is -6.02. The number of nitrogens with zero attached hydrogens (tertiary/aromatic N) is 4. The van der Waals surface area contributed by atoms with Crippen LogP contribution in [0.5, 0.6) is 5.75 Å². The molecule has 8 aliphatic rings. The number of likely N-dealkylation sites (tertiary alicyclic amines) is 1. The van der Waals surface area contributed by atoms with E-state index in [0.717, 1.165) is 54.9 Å². The number of benzene rings is 3. The van der Waals surface area contributed by atoms with Gasteiger partial charge < -0.3 is 19.9 Å². The number of rotatable bonds is 4. The minimum atomic E-state index is -4.70. The average Bonchev–Trinajstić information content (AvgIpc) is 3.66. The number of amides is 4. The van der Waals surface area contributed by atoms with Crippen LogP contribution in [-0.4, -0.2) is 88.3 Å². The molecule has 2 aliphatic carbocycles. The summed E-state index contributed by atoms with van der Waals surface area (Å²) in [6, 6.07) is 15.6. The van der Waals surface area contributed by atoms with Crippen LogP contribution in [0.3, 0.4) is 0 Å². The molecule has 12 nitrogen and oxygen atoms in total. The quantitative estimate of drug-likeness (QED) is 0.104. The molecule has 12 rings (SSSR count). The summed E-state index contributed by atoms with van der Waals surface area (Å²) in [5.41, 5.74) is 1.82. The summed E-state index contributed by atoms with van der Waals surface area (Å²) in [4.78, 5) is 64.0. The summed E-state index contributed by atoms with van der Waals surface area (Å²) in [5, 5.41) is 9.46. The van der Waals surface area contributed by atoms with Crippen LogP contribution in [0.1, 0.15) is 128 Å². The van der Waals surface area contributed by atoms with E-state index in [9.17, 15) is 27.6 Å². The van der Waals surface area contributed by atoms with Crippen LogP contribution in [0.4, 0.5) is 28.9 Å². The molecule has 6 aliphatic heterocycles. The number of ether oxygens (including phenoxy) is 1. The molecule has 4 aromatic rings. The third-order valence-corrected chi connectivity index (χ3v) is 18.3. The van der Waals surface area contributed by atoms with Crippen LogP contribution in [-0.2, 0) is 39.1 Å². The van der Waals surface area contributed by atoms with Crippen molar-refractivity contribution in [2.45, 2.75) is 133 Å². The van der Waals surface area contributed by atoms with Crippen LogP contribution < -0.4 is 25.6 Å². The Kier molecular flexibility index (Phi) is 11.6. The van der Waals surface area contributed by atoms with Gasteiger partial charge in [0.1, 0.15) is 23.4 Å². The number of halogens is 5. The first-order valence-electron chi connectivity index (χ1n) is 25.9. The molecule has 3 aromatic carbocycles. The summed E-state index contributed by atoms with van der Waals surface area (Å²) < 4.78 is 65.6. The lowest BCUT2D eigenvalue weighted by molar-refractivity contribution is -0.141. The van der Waals surface area contributed by atoms with Gasteiger partial charge in [0.05, 0.1) is 29.3 Å². The number of carbonyl (C=O) groups is 4. The minimum Gasteiger partial charge on any atom is -0.487 e. The highest BCUT2D eigenvalue weighted by Crippen LogP contribution is 2.65. The van der Waals surface area contributed by atoms with Gasteiger partial charge in [-0.05, 0) is 116 Å². The topological polar surface area (TPSA) is 136 Å². The smallest absolute Gasteiger partial charge is 0.433 e. The lowest BCUT2D eigenvalue weighted by Crippen LogP contribution is -2.61. The summed E-state index contributed by atoms with van der Waals surface area (Å²) in [6.07, 6.45) is 2.33. The SMILES string of the molecule is C[C@@H]1CN(C(=O)[C@@H]2N[C@]3(CCCC(C)(C)C3)[C@@]3(CNc4cc(C(F)(F)F)ncc43)[C@H]2c2cccc(Cl)c2F)c2ccc(C(=O)N3CCC4(CC3)C[C@@H]4C#Cc3cccc4c3CN([C@H]3CCC(=O)NC3=O)C4)cc2O1. The van der Waals surface area contributed by atoms with Crippen molar-refractivity contribution < 1.29 is 41.5 Å². The first-order chi connectivity index (χ1) is 35.3. The molecule has 3 N–H and O–H groups in total. The van der Waals surface area contributed by atoms with E-state index in [1.54, 1.807) is 35.2 Å². The zero-order valence-electron chi connectivity index (χ0n) is 41.6. The van der Waals surface area contributed by atoms with Crippen LogP contribution in [0, 0.1) is 34.4 Å². The van der Waals surface area contributed by atoms with Gasteiger partial charge in [0.2, 0.25) is 17.7 Å². The lowest BCUT2D eigenvalue weighted by atomic mass is 9.53. The number of fused-ring (bicyclic) bond motifs is 5.